The van der Waals surface area contributed by atoms with Crippen LogP contribution in [0.5, 0.6) is 6.01 Å². The predicted octanol–water partition coefficient (Wildman–Crippen LogP) is 2.41. The number of ether oxygens (including phenoxy) is 2. The third kappa shape index (κ3) is 4.15. The van der Waals surface area contributed by atoms with Gasteiger partial charge in [0.25, 0.3) is 0 Å². The molecule has 0 saturated carbocycles. The monoisotopic (exact) mass is 317 g/mol. The van der Waals surface area contributed by atoms with E-state index in [-0.39, 0.29) is 24.8 Å². The summed E-state index contributed by atoms with van der Waals surface area (Å²) in [5.41, 5.74) is 0.938. The smallest absolute Gasteiger partial charge is 0.410 e. The summed E-state index contributed by atoms with van der Waals surface area (Å²) >= 11 is 0. The van der Waals surface area contributed by atoms with Crippen LogP contribution in [0.3, 0.4) is 0 Å². The topological polar surface area (TPSA) is 64.5 Å². The first-order valence-electron chi connectivity index (χ1n) is 7.30. The Balaban J connectivity index is 1.47. The lowest BCUT2D eigenvalue weighted by Gasteiger charge is -2.16. The van der Waals surface area contributed by atoms with E-state index in [1.165, 1.54) is 0 Å². The van der Waals surface area contributed by atoms with Gasteiger partial charge in [0, 0.05) is 13.0 Å². The van der Waals surface area contributed by atoms with Gasteiger partial charge in [-0.15, -0.1) is 0 Å². The Morgan fingerprint density at radius 2 is 2.00 bits per heavy atom. The summed E-state index contributed by atoms with van der Waals surface area (Å²) in [7, 11) is 0. The fraction of sp³-hybridized carbons (Fsp3) is 0.312. The number of likely N-dealkylation sites (tertiary alicyclic amines) is 1. The van der Waals surface area contributed by atoms with Gasteiger partial charge in [0.15, 0.2) is 5.82 Å². The molecule has 1 amide bonds. The van der Waals surface area contributed by atoms with Gasteiger partial charge in [-0.2, -0.15) is 0 Å². The largest absolute Gasteiger partial charge is 0.458 e. The summed E-state index contributed by atoms with van der Waals surface area (Å²) in [6.45, 7) is 1.18. The number of aromatic nitrogens is 2. The van der Waals surface area contributed by atoms with Crippen LogP contribution >= 0.6 is 0 Å². The number of hydrogen-bond donors (Lipinski definition) is 0. The lowest BCUT2D eigenvalue weighted by molar-refractivity contribution is 0.0983. The van der Waals surface area contributed by atoms with Gasteiger partial charge in [-0.1, -0.05) is 30.3 Å². The Morgan fingerprint density at radius 3 is 2.74 bits per heavy atom. The van der Waals surface area contributed by atoms with Crippen molar-refractivity contribution in [3.05, 3.63) is 54.1 Å². The van der Waals surface area contributed by atoms with Gasteiger partial charge < -0.3 is 14.4 Å². The third-order valence-electron chi connectivity index (χ3n) is 3.48. The fourth-order valence-corrected chi connectivity index (χ4v) is 2.31. The van der Waals surface area contributed by atoms with Crippen LogP contribution in [-0.2, 0) is 11.3 Å². The molecule has 7 heteroatoms. The molecule has 0 N–H and O–H groups in total. The molecule has 2 heterocycles. The zero-order chi connectivity index (χ0) is 16.1. The molecule has 3 rings (SSSR count). The summed E-state index contributed by atoms with van der Waals surface area (Å²) < 4.78 is 23.6. The zero-order valence-electron chi connectivity index (χ0n) is 12.4. The van der Waals surface area contributed by atoms with Gasteiger partial charge in [0.2, 0.25) is 0 Å². The molecule has 0 bridgehead atoms. The molecule has 1 fully saturated rings. The number of halogens is 1. The number of amides is 1. The van der Waals surface area contributed by atoms with Crippen molar-refractivity contribution in [1.82, 2.24) is 14.9 Å². The molecular weight excluding hydrogens is 301 g/mol. The molecule has 1 aromatic carbocycles. The molecule has 1 atom stereocenters. The molecule has 2 aromatic rings. The van der Waals surface area contributed by atoms with E-state index in [9.17, 15) is 9.18 Å². The average Bonchev–Trinajstić information content (AvgIpc) is 3.04. The SMILES string of the molecule is O=C(OCc1ccccc1)N1CC[C@@H](Oc2ncc(F)cn2)C1. The van der Waals surface area contributed by atoms with Crippen LogP contribution in [0.15, 0.2) is 42.7 Å². The Bertz CT molecular complexity index is 651. The number of carbonyl (C=O) groups excluding carboxylic acids is 1. The minimum Gasteiger partial charge on any atom is -0.458 e. The first-order valence-corrected chi connectivity index (χ1v) is 7.30. The number of benzene rings is 1. The van der Waals surface area contributed by atoms with Crippen molar-refractivity contribution >= 4 is 6.09 Å². The van der Waals surface area contributed by atoms with Crippen molar-refractivity contribution in [2.75, 3.05) is 13.1 Å². The minimum atomic E-state index is -0.519. The average molecular weight is 317 g/mol. The first kappa shape index (κ1) is 15.2. The van der Waals surface area contributed by atoms with Crippen LogP contribution in [0.1, 0.15) is 12.0 Å². The van der Waals surface area contributed by atoms with E-state index in [0.717, 1.165) is 18.0 Å². The Kier molecular flexibility index (Phi) is 4.65. The van der Waals surface area contributed by atoms with Gasteiger partial charge in [0.1, 0.15) is 12.7 Å². The van der Waals surface area contributed by atoms with E-state index in [1.807, 2.05) is 30.3 Å². The van der Waals surface area contributed by atoms with Gasteiger partial charge >= 0.3 is 12.1 Å². The van der Waals surface area contributed by atoms with E-state index in [4.69, 9.17) is 9.47 Å². The van der Waals surface area contributed by atoms with Gasteiger partial charge in [-0.3, -0.25) is 0 Å². The number of hydrogen-bond acceptors (Lipinski definition) is 5. The third-order valence-corrected chi connectivity index (χ3v) is 3.48. The quantitative estimate of drug-likeness (QED) is 0.866. The van der Waals surface area contributed by atoms with Gasteiger partial charge in [-0.05, 0) is 5.56 Å². The Morgan fingerprint density at radius 1 is 1.26 bits per heavy atom. The van der Waals surface area contributed by atoms with Gasteiger partial charge in [-0.25, -0.2) is 19.2 Å². The van der Waals surface area contributed by atoms with Crippen LogP contribution in [0.2, 0.25) is 0 Å². The second kappa shape index (κ2) is 7.04. The highest BCUT2D eigenvalue weighted by Gasteiger charge is 2.29. The number of rotatable bonds is 4. The van der Waals surface area contributed by atoms with Crippen LogP contribution in [0.4, 0.5) is 9.18 Å². The van der Waals surface area contributed by atoms with Gasteiger partial charge in [0.05, 0.1) is 18.9 Å². The van der Waals surface area contributed by atoms with E-state index in [1.54, 1.807) is 4.90 Å². The normalized spacial score (nSPS) is 17.1. The molecule has 0 aliphatic carbocycles. The van der Waals surface area contributed by atoms with Crippen molar-refractivity contribution in [3.63, 3.8) is 0 Å². The van der Waals surface area contributed by atoms with E-state index in [0.29, 0.717) is 19.5 Å². The maximum atomic E-state index is 12.7. The van der Waals surface area contributed by atoms with Crippen LogP contribution < -0.4 is 4.74 Å². The summed E-state index contributed by atoms with van der Waals surface area (Å²) in [6.07, 6.45) is 2.15. The van der Waals surface area contributed by atoms with Crippen molar-refractivity contribution in [2.45, 2.75) is 19.1 Å². The highest BCUT2D eigenvalue weighted by atomic mass is 19.1. The van der Waals surface area contributed by atoms with Crippen LogP contribution in [0.25, 0.3) is 0 Å². The first-order chi connectivity index (χ1) is 11.2. The predicted molar refractivity (Wildman–Crippen MR) is 79.2 cm³/mol. The Hall–Kier alpha value is -2.70. The summed E-state index contributed by atoms with van der Waals surface area (Å²) in [6, 6.07) is 9.60. The molecule has 1 saturated heterocycles. The minimum absolute atomic E-state index is 0.107. The molecular formula is C16H16FN3O3. The standard InChI is InChI=1S/C16H16FN3O3/c17-13-8-18-15(19-9-13)23-14-6-7-20(10-14)16(21)22-11-12-4-2-1-3-5-12/h1-5,8-9,14H,6-7,10-11H2/t14-/m1/s1. The molecule has 1 aliphatic rings. The number of nitrogens with zero attached hydrogens (tertiary/aromatic N) is 3. The van der Waals surface area contributed by atoms with Crippen LogP contribution in [0, 0.1) is 5.82 Å². The summed E-state index contributed by atoms with van der Waals surface area (Å²) in [4.78, 5) is 21.1. The van der Waals surface area contributed by atoms with Crippen molar-refractivity contribution in [2.24, 2.45) is 0 Å². The molecule has 0 radical (unpaired) electrons. The molecule has 1 aliphatic heterocycles. The van der Waals surface area contributed by atoms with Crippen LogP contribution in [-0.4, -0.2) is 40.2 Å². The molecule has 0 unspecified atom stereocenters. The van der Waals surface area contributed by atoms with E-state index >= 15 is 0 Å². The molecule has 23 heavy (non-hydrogen) atoms. The second-order valence-electron chi connectivity index (χ2n) is 5.20. The van der Waals surface area contributed by atoms with Crippen molar-refractivity contribution < 1.29 is 18.7 Å². The highest BCUT2D eigenvalue weighted by molar-refractivity contribution is 5.68. The maximum absolute atomic E-state index is 12.7. The molecule has 1 aromatic heterocycles. The lowest BCUT2D eigenvalue weighted by atomic mass is 10.2. The summed E-state index contributed by atoms with van der Waals surface area (Å²) in [5, 5.41) is 0. The lowest BCUT2D eigenvalue weighted by Crippen LogP contribution is -2.31. The fourth-order valence-electron chi connectivity index (χ4n) is 2.31. The maximum Gasteiger partial charge on any atom is 0.410 e. The highest BCUT2D eigenvalue weighted by Crippen LogP contribution is 2.16. The molecule has 0 spiro atoms. The molecule has 120 valence electrons. The van der Waals surface area contributed by atoms with Crippen molar-refractivity contribution in [3.8, 4) is 6.01 Å². The van der Waals surface area contributed by atoms with Crippen molar-refractivity contribution in [1.29, 1.82) is 0 Å². The Labute approximate surface area is 132 Å². The second-order valence-corrected chi connectivity index (χ2v) is 5.20. The summed E-state index contributed by atoms with van der Waals surface area (Å²) in [5.74, 6) is -0.519. The number of carbonyl (C=O) groups is 1. The van der Waals surface area contributed by atoms with E-state index < -0.39 is 5.82 Å². The zero-order valence-corrected chi connectivity index (χ0v) is 12.4. The van der Waals surface area contributed by atoms with E-state index in [2.05, 4.69) is 9.97 Å². The molecule has 6 nitrogen and oxygen atoms in total.